The van der Waals surface area contributed by atoms with Crippen molar-refractivity contribution < 1.29 is 48.6 Å². The van der Waals surface area contributed by atoms with Crippen LogP contribution < -0.4 is 5.63 Å². The summed E-state index contributed by atoms with van der Waals surface area (Å²) in [5.41, 5.74) is -11.4. The largest absolute Gasteiger partial charge is 0.536 e. The molecule has 0 amide bonds. The number of alkyl halides is 6. The van der Waals surface area contributed by atoms with Crippen LogP contribution in [-0.2, 0) is 21.0 Å². The molecule has 0 aliphatic rings. The van der Waals surface area contributed by atoms with Crippen molar-refractivity contribution in [1.29, 1.82) is 0 Å². The molecule has 1 N–H and O–H groups in total. The number of benzene rings is 1. The first-order valence-electron chi connectivity index (χ1n) is 6.59. The van der Waals surface area contributed by atoms with Crippen molar-refractivity contribution in [1.82, 2.24) is 0 Å². The summed E-state index contributed by atoms with van der Waals surface area (Å²) in [6, 6.07) is 4.17. The lowest BCUT2D eigenvalue weighted by Gasteiger charge is -2.11. The third-order valence-corrected chi connectivity index (χ3v) is 3.85. The molecule has 2 rings (SSSR count). The summed E-state index contributed by atoms with van der Waals surface area (Å²) in [4.78, 5) is 11.8. The second-order valence-corrected chi connectivity index (χ2v) is 6.41. The van der Waals surface area contributed by atoms with Gasteiger partial charge in [0.25, 0.3) is 0 Å². The molecule has 0 saturated carbocycles. The van der Waals surface area contributed by atoms with Gasteiger partial charge in [-0.25, -0.2) is 4.79 Å². The Labute approximate surface area is 145 Å². The van der Waals surface area contributed by atoms with Crippen molar-refractivity contribution in [3.8, 4) is 0 Å². The maximum atomic E-state index is 13.1. The second kappa shape index (κ2) is 6.84. The first-order valence-corrected chi connectivity index (χ1v) is 8.00. The van der Waals surface area contributed by atoms with Gasteiger partial charge in [-0.05, 0) is 17.7 Å². The normalized spacial score (nSPS) is 13.8. The number of aliphatic hydroxyl groups excluding tert-OH is 1. The topological polar surface area (TPSA) is 106 Å². The maximum Gasteiger partial charge on any atom is 0.536 e. The predicted octanol–water partition coefficient (Wildman–Crippen LogP) is 2.42. The Balaban J connectivity index is 2.63. The Morgan fingerprint density at radius 2 is 1.78 bits per heavy atom. The summed E-state index contributed by atoms with van der Waals surface area (Å²) < 4.78 is 105. The number of hydrogen-bond acceptors (Lipinski definition) is 7. The summed E-state index contributed by atoms with van der Waals surface area (Å²) in [5, 5.41) is 10.9. The average Bonchev–Trinajstić information content (AvgIpc) is 2.52. The average molecular weight is 419 g/mol. The van der Waals surface area contributed by atoms with Crippen molar-refractivity contribution >= 4 is 26.8 Å². The van der Waals surface area contributed by atoms with Crippen molar-refractivity contribution in [2.75, 3.05) is 0 Å². The fourth-order valence-corrected chi connectivity index (χ4v) is 2.06. The monoisotopic (exact) mass is 419 g/mol. The molecule has 0 bridgehead atoms. The lowest BCUT2D eigenvalue weighted by Crippen LogP contribution is -2.31. The first-order chi connectivity index (χ1) is 12.3. The third kappa shape index (κ3) is 4.39. The minimum Gasteiger partial charge on any atom is -0.422 e. The van der Waals surface area contributed by atoms with Gasteiger partial charge in [0.1, 0.15) is 5.58 Å². The van der Waals surface area contributed by atoms with Crippen molar-refractivity contribution in [3.05, 3.63) is 45.8 Å². The predicted molar refractivity (Wildman–Crippen MR) is 77.1 cm³/mol. The molecule has 1 aromatic carbocycles. The molecule has 0 radical (unpaired) electrons. The van der Waals surface area contributed by atoms with Gasteiger partial charge >= 0.3 is 27.4 Å². The lowest BCUT2D eigenvalue weighted by molar-refractivity contribution is -0.0634. The first kappa shape index (κ1) is 20.7. The zero-order valence-corrected chi connectivity index (χ0v) is 13.4. The Morgan fingerprint density at radius 1 is 1.15 bits per heavy atom. The van der Waals surface area contributed by atoms with E-state index in [9.17, 15) is 39.6 Å². The van der Waals surface area contributed by atoms with Crippen LogP contribution in [0.2, 0.25) is 0 Å². The van der Waals surface area contributed by atoms with E-state index in [0.717, 1.165) is 12.1 Å². The molecule has 0 saturated heterocycles. The molecule has 2 aromatic rings. The summed E-state index contributed by atoms with van der Waals surface area (Å²) in [6.45, 7) is -0.459. The van der Waals surface area contributed by atoms with E-state index in [2.05, 4.69) is 8.70 Å². The van der Waals surface area contributed by atoms with Gasteiger partial charge in [-0.2, -0.15) is 34.8 Å². The van der Waals surface area contributed by atoms with E-state index in [-0.39, 0.29) is 16.5 Å². The zero-order chi connectivity index (χ0) is 20.6. The zero-order valence-electron chi connectivity index (χ0n) is 12.6. The molecule has 0 unspecified atom stereocenters. The van der Waals surface area contributed by atoms with Crippen molar-refractivity contribution in [3.63, 3.8) is 0 Å². The molecule has 148 valence electrons. The number of nitrogens with zero attached hydrogens (tertiary/aromatic N) is 1. The minimum absolute atomic E-state index is 0.0996. The van der Waals surface area contributed by atoms with E-state index in [1.54, 1.807) is 0 Å². The van der Waals surface area contributed by atoms with Crippen LogP contribution >= 0.6 is 0 Å². The van der Waals surface area contributed by atoms with Gasteiger partial charge in [0.05, 0.1) is 12.2 Å². The molecule has 1 heterocycles. The van der Waals surface area contributed by atoms with Crippen LogP contribution in [0.3, 0.4) is 0 Å². The van der Waals surface area contributed by atoms with Crippen LogP contribution in [0.1, 0.15) is 11.1 Å². The molecular formula is C13H7F6NO6S. The summed E-state index contributed by atoms with van der Waals surface area (Å²) in [6.07, 6.45) is -5.55. The van der Waals surface area contributed by atoms with Gasteiger partial charge in [-0.1, -0.05) is 17.3 Å². The highest BCUT2D eigenvalue weighted by Gasteiger charge is 2.50. The highest BCUT2D eigenvalue weighted by atomic mass is 32.2. The van der Waals surface area contributed by atoms with Gasteiger partial charge in [0.15, 0.2) is 5.71 Å². The summed E-state index contributed by atoms with van der Waals surface area (Å²) in [7, 11) is -6.47. The summed E-state index contributed by atoms with van der Waals surface area (Å²) in [5.74, 6) is 0. The molecule has 0 spiro atoms. The minimum atomic E-state index is -6.47. The van der Waals surface area contributed by atoms with Crippen molar-refractivity contribution in [2.24, 2.45) is 5.16 Å². The fraction of sp³-hybridized carbons (Fsp3) is 0.231. The number of fused-ring (bicyclic) bond motifs is 1. The van der Waals surface area contributed by atoms with Gasteiger partial charge in [-0.3, -0.25) is 4.28 Å². The maximum absolute atomic E-state index is 13.1. The number of rotatable bonds is 4. The van der Waals surface area contributed by atoms with Crippen LogP contribution in [0.5, 0.6) is 0 Å². The molecule has 14 heteroatoms. The Morgan fingerprint density at radius 3 is 2.30 bits per heavy atom. The smallest absolute Gasteiger partial charge is 0.422 e. The van der Waals surface area contributed by atoms with Crippen LogP contribution in [-0.4, -0.2) is 30.9 Å². The van der Waals surface area contributed by atoms with E-state index in [4.69, 9.17) is 5.11 Å². The van der Waals surface area contributed by atoms with E-state index in [0.29, 0.717) is 6.07 Å². The number of oxime groups is 1. The highest BCUT2D eigenvalue weighted by Crippen LogP contribution is 2.28. The molecular weight excluding hydrogens is 412 g/mol. The molecule has 0 aliphatic heterocycles. The molecule has 0 fully saturated rings. The Hall–Kier alpha value is -2.61. The third-order valence-electron chi connectivity index (χ3n) is 3.02. The van der Waals surface area contributed by atoms with Crippen LogP contribution in [0.25, 0.3) is 11.0 Å². The van der Waals surface area contributed by atoms with Crippen LogP contribution in [0.15, 0.2) is 38.6 Å². The second-order valence-electron chi connectivity index (χ2n) is 4.89. The molecule has 0 atom stereocenters. The standard InChI is InChI=1S/C13H7F6NO6S/c14-12(15,16)10(20-26-27(23,24)13(17,18)19)8-4-7-2-1-6(5-21)3-9(7)25-11(8)22/h1-4,21H,5H2/b20-10+. The van der Waals surface area contributed by atoms with Crippen LogP contribution in [0.4, 0.5) is 26.3 Å². The number of hydrogen-bond donors (Lipinski definition) is 1. The van der Waals surface area contributed by atoms with Crippen molar-refractivity contribution in [2.45, 2.75) is 18.3 Å². The molecule has 0 aliphatic carbocycles. The Bertz CT molecular complexity index is 1050. The highest BCUT2D eigenvalue weighted by molar-refractivity contribution is 7.87. The van der Waals surface area contributed by atoms with E-state index >= 15 is 0 Å². The SMILES string of the molecule is O=c1oc2cc(CO)ccc2cc1/C(=N\OS(=O)(=O)C(F)(F)F)C(F)(F)F. The molecule has 7 nitrogen and oxygen atoms in total. The molecule has 1 aromatic heterocycles. The van der Waals surface area contributed by atoms with Gasteiger partial charge in [0, 0.05) is 5.39 Å². The quantitative estimate of drug-likeness (QED) is 0.268. The van der Waals surface area contributed by atoms with E-state index < -0.39 is 45.3 Å². The number of aliphatic hydroxyl groups is 1. The van der Waals surface area contributed by atoms with Gasteiger partial charge in [0.2, 0.25) is 0 Å². The van der Waals surface area contributed by atoms with E-state index in [1.165, 1.54) is 6.07 Å². The van der Waals surface area contributed by atoms with Gasteiger partial charge in [-0.15, -0.1) is 0 Å². The fourth-order valence-electron chi connectivity index (χ4n) is 1.80. The van der Waals surface area contributed by atoms with Gasteiger partial charge < -0.3 is 9.52 Å². The van der Waals surface area contributed by atoms with E-state index in [1.807, 2.05) is 5.16 Å². The Kier molecular flexibility index (Phi) is 5.25. The summed E-state index contributed by atoms with van der Waals surface area (Å²) >= 11 is 0. The lowest BCUT2D eigenvalue weighted by atomic mass is 10.1. The van der Waals surface area contributed by atoms with Crippen LogP contribution in [0, 0.1) is 0 Å². The number of halogens is 6. The molecule has 27 heavy (non-hydrogen) atoms.